The predicted octanol–water partition coefficient (Wildman–Crippen LogP) is 3.10. The van der Waals surface area contributed by atoms with Gasteiger partial charge in [0.15, 0.2) is 0 Å². The van der Waals surface area contributed by atoms with Crippen molar-refractivity contribution in [3.8, 4) is 0 Å². The summed E-state index contributed by atoms with van der Waals surface area (Å²) < 4.78 is 26.1. The van der Waals surface area contributed by atoms with Crippen LogP contribution in [0.3, 0.4) is 0 Å². The molecule has 124 valence electrons. The third kappa shape index (κ3) is 5.28. The molecule has 0 saturated carbocycles. The van der Waals surface area contributed by atoms with E-state index in [2.05, 4.69) is 15.8 Å². The standard InChI is InChI=1S/C17H15F2N3O2/c1-11(8-16(23)20-15-7-3-6-14(19)10-15)21-22-17(24)12-4-2-5-13(18)9-12/h2-7,9-10H,8H2,1H3,(H,20,23)(H,22,24)/b21-11-. The molecule has 5 nitrogen and oxygen atoms in total. The minimum atomic E-state index is -0.584. The largest absolute Gasteiger partial charge is 0.326 e. The first-order chi connectivity index (χ1) is 11.4. The summed E-state index contributed by atoms with van der Waals surface area (Å²) in [6.07, 6.45) is -0.0834. The average Bonchev–Trinajstić information content (AvgIpc) is 2.52. The molecular weight excluding hydrogens is 316 g/mol. The Morgan fingerprint density at radius 2 is 1.71 bits per heavy atom. The fourth-order valence-corrected chi connectivity index (χ4v) is 1.88. The van der Waals surface area contributed by atoms with Gasteiger partial charge in [0.1, 0.15) is 11.6 Å². The quantitative estimate of drug-likeness (QED) is 0.653. The predicted molar refractivity (Wildman–Crippen MR) is 86.6 cm³/mol. The first-order valence-electron chi connectivity index (χ1n) is 7.08. The van der Waals surface area contributed by atoms with Crippen LogP contribution in [-0.4, -0.2) is 17.5 Å². The van der Waals surface area contributed by atoms with Crippen molar-refractivity contribution >= 4 is 23.2 Å². The lowest BCUT2D eigenvalue weighted by atomic mass is 10.2. The molecule has 2 rings (SSSR count). The van der Waals surface area contributed by atoms with E-state index in [0.29, 0.717) is 11.4 Å². The van der Waals surface area contributed by atoms with Gasteiger partial charge in [0.2, 0.25) is 5.91 Å². The van der Waals surface area contributed by atoms with Gasteiger partial charge in [0.05, 0.1) is 6.42 Å². The molecule has 0 spiro atoms. The number of nitrogens with one attached hydrogen (secondary N) is 2. The number of carbonyl (C=O) groups is 2. The molecule has 0 radical (unpaired) electrons. The Hall–Kier alpha value is -3.09. The number of benzene rings is 2. The van der Waals surface area contributed by atoms with Crippen molar-refractivity contribution in [1.29, 1.82) is 0 Å². The van der Waals surface area contributed by atoms with Crippen molar-refractivity contribution in [3.63, 3.8) is 0 Å². The summed E-state index contributed by atoms with van der Waals surface area (Å²) in [5.74, 6) is -1.97. The highest BCUT2D eigenvalue weighted by Gasteiger charge is 2.08. The van der Waals surface area contributed by atoms with E-state index in [1.54, 1.807) is 13.0 Å². The third-order valence-electron chi connectivity index (χ3n) is 2.96. The fraction of sp³-hybridized carbons (Fsp3) is 0.118. The molecule has 2 N–H and O–H groups in total. The highest BCUT2D eigenvalue weighted by atomic mass is 19.1. The number of amides is 2. The molecule has 0 aliphatic carbocycles. The number of halogens is 2. The summed E-state index contributed by atoms with van der Waals surface area (Å²) >= 11 is 0. The van der Waals surface area contributed by atoms with Gasteiger partial charge < -0.3 is 5.32 Å². The molecule has 2 aromatic rings. The zero-order valence-corrected chi connectivity index (χ0v) is 12.8. The Kier molecular flexibility index (Phi) is 5.73. The fourth-order valence-electron chi connectivity index (χ4n) is 1.88. The van der Waals surface area contributed by atoms with E-state index >= 15 is 0 Å². The van der Waals surface area contributed by atoms with E-state index in [0.717, 1.165) is 6.07 Å². The monoisotopic (exact) mass is 331 g/mol. The average molecular weight is 331 g/mol. The lowest BCUT2D eigenvalue weighted by molar-refractivity contribution is -0.115. The number of rotatable bonds is 5. The smallest absolute Gasteiger partial charge is 0.271 e. The normalized spacial score (nSPS) is 11.0. The molecule has 0 bridgehead atoms. The first-order valence-corrected chi connectivity index (χ1v) is 7.08. The Bertz CT molecular complexity index is 791. The van der Waals surface area contributed by atoms with E-state index in [4.69, 9.17) is 0 Å². The van der Waals surface area contributed by atoms with Gasteiger partial charge in [-0.15, -0.1) is 0 Å². The van der Waals surface area contributed by atoms with Crippen LogP contribution in [0, 0.1) is 11.6 Å². The minimum absolute atomic E-state index is 0.0834. The van der Waals surface area contributed by atoms with Crippen LogP contribution in [0.25, 0.3) is 0 Å². The molecule has 0 atom stereocenters. The topological polar surface area (TPSA) is 70.6 Å². The van der Waals surface area contributed by atoms with Crippen LogP contribution in [0.5, 0.6) is 0 Å². The Morgan fingerprint density at radius 1 is 1.04 bits per heavy atom. The molecule has 0 aliphatic rings. The summed E-state index contributed by atoms with van der Waals surface area (Å²) in [6.45, 7) is 1.55. The molecule has 0 heterocycles. The van der Waals surface area contributed by atoms with Crippen LogP contribution in [0.4, 0.5) is 14.5 Å². The molecule has 0 saturated heterocycles. The van der Waals surface area contributed by atoms with Crippen LogP contribution in [0.1, 0.15) is 23.7 Å². The van der Waals surface area contributed by atoms with Crippen molar-refractivity contribution in [3.05, 3.63) is 65.7 Å². The molecule has 0 unspecified atom stereocenters. The van der Waals surface area contributed by atoms with Crippen molar-refractivity contribution in [2.24, 2.45) is 5.10 Å². The van der Waals surface area contributed by atoms with Crippen LogP contribution < -0.4 is 10.7 Å². The van der Waals surface area contributed by atoms with E-state index < -0.39 is 23.4 Å². The van der Waals surface area contributed by atoms with Crippen LogP contribution in [-0.2, 0) is 4.79 Å². The van der Waals surface area contributed by atoms with Gasteiger partial charge >= 0.3 is 0 Å². The molecule has 2 amide bonds. The van der Waals surface area contributed by atoms with Gasteiger partial charge in [-0.2, -0.15) is 5.10 Å². The highest BCUT2D eigenvalue weighted by molar-refractivity contribution is 6.06. The van der Waals surface area contributed by atoms with E-state index in [9.17, 15) is 18.4 Å². The van der Waals surface area contributed by atoms with Gasteiger partial charge in [-0.05, 0) is 43.3 Å². The van der Waals surface area contributed by atoms with Gasteiger partial charge in [-0.1, -0.05) is 12.1 Å². The highest BCUT2D eigenvalue weighted by Crippen LogP contribution is 2.09. The minimum Gasteiger partial charge on any atom is -0.326 e. The summed E-state index contributed by atoms with van der Waals surface area (Å²) in [6, 6.07) is 10.6. The Labute approximate surface area is 137 Å². The maximum atomic E-state index is 13.0. The lowest BCUT2D eigenvalue weighted by Gasteiger charge is -2.05. The Balaban J connectivity index is 1.89. The van der Waals surface area contributed by atoms with Gasteiger partial charge in [0.25, 0.3) is 5.91 Å². The molecule has 0 aliphatic heterocycles. The number of hydrazone groups is 1. The molecule has 24 heavy (non-hydrogen) atoms. The number of carbonyl (C=O) groups excluding carboxylic acids is 2. The molecule has 2 aromatic carbocycles. The van der Waals surface area contributed by atoms with Crippen LogP contribution in [0.15, 0.2) is 53.6 Å². The number of anilines is 1. The SMILES string of the molecule is C/C(CC(=O)Nc1cccc(F)c1)=N/NC(=O)c1cccc(F)c1. The van der Waals surface area contributed by atoms with E-state index in [1.807, 2.05) is 0 Å². The summed E-state index contributed by atoms with van der Waals surface area (Å²) in [4.78, 5) is 23.6. The molecule has 0 fully saturated rings. The second kappa shape index (κ2) is 7.96. The van der Waals surface area contributed by atoms with Crippen molar-refractivity contribution in [1.82, 2.24) is 5.43 Å². The second-order valence-corrected chi connectivity index (χ2v) is 5.03. The van der Waals surface area contributed by atoms with Gasteiger partial charge in [-0.25, -0.2) is 14.2 Å². The summed E-state index contributed by atoms with van der Waals surface area (Å²) in [5, 5.41) is 6.31. The van der Waals surface area contributed by atoms with Crippen molar-refractivity contribution in [2.45, 2.75) is 13.3 Å². The molecular formula is C17H15F2N3O2. The summed E-state index contributed by atoms with van der Waals surface area (Å²) in [7, 11) is 0. The van der Waals surface area contributed by atoms with Gasteiger partial charge in [-0.3, -0.25) is 9.59 Å². The summed E-state index contributed by atoms with van der Waals surface area (Å²) in [5.41, 5.74) is 3.04. The maximum Gasteiger partial charge on any atom is 0.271 e. The number of nitrogens with zero attached hydrogens (tertiary/aromatic N) is 1. The third-order valence-corrected chi connectivity index (χ3v) is 2.96. The van der Waals surface area contributed by atoms with Crippen molar-refractivity contribution < 1.29 is 18.4 Å². The number of hydrogen-bond donors (Lipinski definition) is 2. The zero-order chi connectivity index (χ0) is 17.5. The van der Waals surface area contributed by atoms with E-state index in [-0.39, 0.29) is 12.0 Å². The Morgan fingerprint density at radius 3 is 2.38 bits per heavy atom. The zero-order valence-electron chi connectivity index (χ0n) is 12.8. The van der Waals surface area contributed by atoms with E-state index in [1.165, 1.54) is 36.4 Å². The second-order valence-electron chi connectivity index (χ2n) is 5.03. The number of hydrogen-bond acceptors (Lipinski definition) is 3. The first kappa shape index (κ1) is 17.3. The van der Waals surface area contributed by atoms with Crippen LogP contribution in [0.2, 0.25) is 0 Å². The van der Waals surface area contributed by atoms with Gasteiger partial charge in [0, 0.05) is 17.0 Å². The van der Waals surface area contributed by atoms with Crippen molar-refractivity contribution in [2.75, 3.05) is 5.32 Å². The van der Waals surface area contributed by atoms with Crippen LogP contribution >= 0.6 is 0 Å². The maximum absolute atomic E-state index is 13.0. The lowest BCUT2D eigenvalue weighted by Crippen LogP contribution is -2.21. The molecule has 0 aromatic heterocycles. The molecule has 7 heteroatoms.